The van der Waals surface area contributed by atoms with Gasteiger partial charge in [0.1, 0.15) is 17.3 Å². The second kappa shape index (κ2) is 9.06. The van der Waals surface area contributed by atoms with Crippen LogP contribution in [0, 0.1) is 20.8 Å². The van der Waals surface area contributed by atoms with Crippen LogP contribution in [0.25, 0.3) is 5.76 Å². The Morgan fingerprint density at radius 1 is 0.882 bits per heavy atom. The van der Waals surface area contributed by atoms with Crippen molar-refractivity contribution in [2.75, 3.05) is 19.1 Å². The van der Waals surface area contributed by atoms with E-state index in [0.717, 1.165) is 16.7 Å². The van der Waals surface area contributed by atoms with E-state index >= 15 is 0 Å². The zero-order chi connectivity index (χ0) is 24.6. The number of hydrogen-bond acceptors (Lipinski definition) is 5. The molecule has 0 radical (unpaired) electrons. The monoisotopic (exact) mass is 457 g/mol. The van der Waals surface area contributed by atoms with Gasteiger partial charge >= 0.3 is 0 Å². The van der Waals surface area contributed by atoms with Crippen LogP contribution in [-0.4, -0.2) is 31.0 Å². The summed E-state index contributed by atoms with van der Waals surface area (Å²) in [5.41, 5.74) is 4.50. The highest BCUT2D eigenvalue weighted by molar-refractivity contribution is 6.51. The maximum absolute atomic E-state index is 13.4. The average molecular weight is 458 g/mol. The van der Waals surface area contributed by atoms with Gasteiger partial charge in [-0.05, 0) is 79.4 Å². The average Bonchev–Trinajstić information content (AvgIpc) is 3.10. The van der Waals surface area contributed by atoms with Crippen LogP contribution < -0.4 is 14.4 Å². The number of benzene rings is 3. The second-order valence-corrected chi connectivity index (χ2v) is 8.35. The largest absolute Gasteiger partial charge is 0.507 e. The zero-order valence-electron chi connectivity index (χ0n) is 19.9. The fraction of sp³-hybridized carbons (Fsp3) is 0.214. The Labute approximate surface area is 199 Å². The number of aryl methyl sites for hydroxylation is 2. The Kier molecular flexibility index (Phi) is 6.16. The number of ether oxygens (including phenoxy) is 2. The van der Waals surface area contributed by atoms with Crippen molar-refractivity contribution in [1.29, 1.82) is 0 Å². The van der Waals surface area contributed by atoms with Gasteiger partial charge in [-0.15, -0.1) is 0 Å². The first-order valence-corrected chi connectivity index (χ1v) is 10.9. The van der Waals surface area contributed by atoms with Gasteiger partial charge in [-0.1, -0.05) is 24.3 Å². The molecule has 1 N–H and O–H groups in total. The van der Waals surface area contributed by atoms with E-state index in [0.29, 0.717) is 28.3 Å². The van der Waals surface area contributed by atoms with Gasteiger partial charge < -0.3 is 14.6 Å². The van der Waals surface area contributed by atoms with Crippen molar-refractivity contribution in [2.45, 2.75) is 26.8 Å². The third kappa shape index (κ3) is 3.81. The molecule has 1 amide bonds. The molecule has 1 atom stereocenters. The zero-order valence-corrected chi connectivity index (χ0v) is 19.9. The molecule has 0 bridgehead atoms. The molecule has 0 aromatic heterocycles. The number of rotatable bonds is 5. The minimum atomic E-state index is -0.797. The van der Waals surface area contributed by atoms with Gasteiger partial charge in [0.2, 0.25) is 0 Å². The fourth-order valence-electron chi connectivity index (χ4n) is 4.36. The third-order valence-corrected chi connectivity index (χ3v) is 6.38. The summed E-state index contributed by atoms with van der Waals surface area (Å²) in [7, 11) is 3.14. The lowest BCUT2D eigenvalue weighted by atomic mass is 9.94. The number of carbonyl (C=O) groups is 2. The lowest BCUT2D eigenvalue weighted by Gasteiger charge is -2.27. The highest BCUT2D eigenvalue weighted by Crippen LogP contribution is 2.44. The van der Waals surface area contributed by atoms with Gasteiger partial charge in [-0.3, -0.25) is 14.5 Å². The van der Waals surface area contributed by atoms with E-state index in [2.05, 4.69) is 0 Å². The standard InChI is InChI=1S/C28H27NO5/c1-16-7-6-8-22(18(16)3)29-25(19-9-12-21(33-4)13-10-19)24(27(31)28(29)32)26(30)20-11-14-23(34-5)17(2)15-20/h6-15,25,30H,1-5H3/b26-24+. The predicted octanol–water partition coefficient (Wildman–Crippen LogP) is 5.26. The first kappa shape index (κ1) is 23.1. The van der Waals surface area contributed by atoms with Crippen LogP contribution in [0.15, 0.2) is 66.2 Å². The Morgan fingerprint density at radius 2 is 1.59 bits per heavy atom. The SMILES string of the molecule is COc1ccc(C2/C(=C(\O)c3ccc(OC)c(C)c3)C(=O)C(=O)N2c2cccc(C)c2C)cc1. The molecule has 6 heteroatoms. The fourth-order valence-corrected chi connectivity index (χ4v) is 4.36. The topological polar surface area (TPSA) is 76.1 Å². The molecule has 3 aromatic rings. The molecule has 1 heterocycles. The molecule has 174 valence electrons. The summed E-state index contributed by atoms with van der Waals surface area (Å²) >= 11 is 0. The number of amides is 1. The van der Waals surface area contributed by atoms with Crippen molar-refractivity contribution in [3.63, 3.8) is 0 Å². The van der Waals surface area contributed by atoms with Gasteiger partial charge in [0.25, 0.3) is 11.7 Å². The summed E-state index contributed by atoms with van der Waals surface area (Å²) in [6.45, 7) is 5.73. The van der Waals surface area contributed by atoms with Crippen LogP contribution >= 0.6 is 0 Å². The van der Waals surface area contributed by atoms with Crippen LogP contribution in [0.1, 0.15) is 33.9 Å². The van der Waals surface area contributed by atoms with Crippen molar-refractivity contribution >= 4 is 23.1 Å². The van der Waals surface area contributed by atoms with E-state index in [1.165, 1.54) is 4.90 Å². The number of aliphatic hydroxyl groups excluding tert-OH is 1. The molecule has 1 unspecified atom stereocenters. The number of carbonyl (C=O) groups excluding carboxylic acids is 2. The molecule has 6 nitrogen and oxygen atoms in total. The summed E-state index contributed by atoms with van der Waals surface area (Å²) in [5, 5.41) is 11.3. The third-order valence-electron chi connectivity index (χ3n) is 6.38. The number of methoxy groups -OCH3 is 2. The van der Waals surface area contributed by atoms with E-state index in [1.54, 1.807) is 56.7 Å². The van der Waals surface area contributed by atoms with Gasteiger partial charge in [0.15, 0.2) is 0 Å². The molecule has 0 saturated carbocycles. The van der Waals surface area contributed by atoms with Crippen molar-refractivity contribution in [1.82, 2.24) is 0 Å². The number of anilines is 1. The van der Waals surface area contributed by atoms with E-state index in [-0.39, 0.29) is 11.3 Å². The first-order chi connectivity index (χ1) is 16.3. The maximum atomic E-state index is 13.4. The van der Waals surface area contributed by atoms with Crippen molar-refractivity contribution in [3.8, 4) is 11.5 Å². The molecular weight excluding hydrogens is 430 g/mol. The Morgan fingerprint density at radius 3 is 2.21 bits per heavy atom. The highest BCUT2D eigenvalue weighted by Gasteiger charge is 2.47. The molecule has 34 heavy (non-hydrogen) atoms. The number of Topliss-reactive ketones (excluding diaryl/α,β-unsaturated/α-hetero) is 1. The predicted molar refractivity (Wildman–Crippen MR) is 131 cm³/mol. The smallest absolute Gasteiger partial charge is 0.300 e. The van der Waals surface area contributed by atoms with Crippen molar-refractivity contribution in [2.24, 2.45) is 0 Å². The number of hydrogen-bond donors (Lipinski definition) is 1. The molecule has 1 aliphatic heterocycles. The second-order valence-electron chi connectivity index (χ2n) is 8.35. The molecule has 1 fully saturated rings. The number of ketones is 1. The van der Waals surface area contributed by atoms with E-state index in [9.17, 15) is 14.7 Å². The van der Waals surface area contributed by atoms with E-state index < -0.39 is 17.7 Å². The number of aliphatic hydroxyl groups is 1. The summed E-state index contributed by atoms with van der Waals surface area (Å²) in [6, 6.07) is 17.1. The Hall–Kier alpha value is -4.06. The van der Waals surface area contributed by atoms with Crippen molar-refractivity contribution in [3.05, 3.63) is 94.1 Å². The molecule has 3 aromatic carbocycles. The summed E-state index contributed by atoms with van der Waals surface area (Å²) in [4.78, 5) is 28.2. The molecule has 1 saturated heterocycles. The molecular formula is C28H27NO5. The van der Waals surface area contributed by atoms with Crippen LogP contribution in [-0.2, 0) is 9.59 Å². The van der Waals surface area contributed by atoms with Crippen LogP contribution in [0.3, 0.4) is 0 Å². The molecule has 4 rings (SSSR count). The quantitative estimate of drug-likeness (QED) is 0.322. The van der Waals surface area contributed by atoms with Crippen LogP contribution in [0.4, 0.5) is 5.69 Å². The Bertz CT molecular complexity index is 1310. The normalized spacial score (nSPS) is 17.2. The molecule has 1 aliphatic rings. The van der Waals surface area contributed by atoms with Gasteiger partial charge in [-0.2, -0.15) is 0 Å². The summed E-state index contributed by atoms with van der Waals surface area (Å²) in [5.74, 6) is -0.316. The van der Waals surface area contributed by atoms with E-state index in [1.807, 2.05) is 39.0 Å². The minimum absolute atomic E-state index is 0.0423. The van der Waals surface area contributed by atoms with Gasteiger partial charge in [-0.25, -0.2) is 0 Å². The van der Waals surface area contributed by atoms with Crippen molar-refractivity contribution < 1.29 is 24.2 Å². The minimum Gasteiger partial charge on any atom is -0.507 e. The van der Waals surface area contributed by atoms with Crippen LogP contribution in [0.2, 0.25) is 0 Å². The van der Waals surface area contributed by atoms with Crippen LogP contribution in [0.5, 0.6) is 11.5 Å². The molecule has 0 aliphatic carbocycles. The first-order valence-electron chi connectivity index (χ1n) is 10.9. The van der Waals surface area contributed by atoms with Gasteiger partial charge in [0, 0.05) is 11.3 Å². The lowest BCUT2D eigenvalue weighted by molar-refractivity contribution is -0.132. The summed E-state index contributed by atoms with van der Waals surface area (Å²) < 4.78 is 10.6. The maximum Gasteiger partial charge on any atom is 0.300 e. The van der Waals surface area contributed by atoms with E-state index in [4.69, 9.17) is 9.47 Å². The number of nitrogens with zero attached hydrogens (tertiary/aromatic N) is 1. The lowest BCUT2D eigenvalue weighted by Crippen LogP contribution is -2.30. The summed E-state index contributed by atoms with van der Waals surface area (Å²) in [6.07, 6.45) is 0. The molecule has 0 spiro atoms. The highest BCUT2D eigenvalue weighted by atomic mass is 16.5. The Balaban J connectivity index is 1.96. The van der Waals surface area contributed by atoms with Gasteiger partial charge in [0.05, 0.1) is 25.8 Å².